The highest BCUT2D eigenvalue weighted by molar-refractivity contribution is 6.40. The van der Waals surface area contributed by atoms with Gasteiger partial charge in [-0.1, -0.05) is 36.3 Å². The van der Waals surface area contributed by atoms with Crippen LogP contribution in [0.2, 0.25) is 0 Å². The normalized spacial score (nSPS) is 10.3. The molecule has 0 aliphatic heterocycles. The standard InChI is InChI=1S/C13H12O3/c1-4-13(2,3)16-12(15)11(14)10-8-6-5-7-9-10/h1,5-9H,2-3H3. The highest BCUT2D eigenvalue weighted by atomic mass is 16.6. The quantitative estimate of drug-likeness (QED) is 0.335. The Morgan fingerprint density at radius 3 is 2.31 bits per heavy atom. The monoisotopic (exact) mass is 216 g/mol. The van der Waals surface area contributed by atoms with Gasteiger partial charge in [-0.3, -0.25) is 4.79 Å². The second-order valence-electron chi connectivity index (χ2n) is 3.74. The molecule has 0 unspecified atom stereocenters. The summed E-state index contributed by atoms with van der Waals surface area (Å²) in [7, 11) is 0. The lowest BCUT2D eigenvalue weighted by atomic mass is 10.1. The number of carbonyl (C=O) groups excluding carboxylic acids is 2. The molecule has 3 heteroatoms. The summed E-state index contributed by atoms with van der Waals surface area (Å²) in [5.41, 5.74) is -0.776. The first-order valence-corrected chi connectivity index (χ1v) is 4.77. The van der Waals surface area contributed by atoms with Crippen LogP contribution < -0.4 is 0 Å². The maximum absolute atomic E-state index is 11.6. The molecule has 0 fully saturated rings. The minimum Gasteiger partial charge on any atom is -0.440 e. The molecule has 0 radical (unpaired) electrons. The van der Waals surface area contributed by atoms with Gasteiger partial charge >= 0.3 is 5.97 Å². The molecule has 1 rings (SSSR count). The number of carbonyl (C=O) groups is 2. The van der Waals surface area contributed by atoms with Gasteiger partial charge in [-0.05, 0) is 13.8 Å². The van der Waals surface area contributed by atoms with Crippen molar-refractivity contribution < 1.29 is 14.3 Å². The summed E-state index contributed by atoms with van der Waals surface area (Å²) in [5, 5.41) is 0. The smallest absolute Gasteiger partial charge is 0.381 e. The Bertz CT molecular complexity index is 438. The van der Waals surface area contributed by atoms with Crippen LogP contribution in [0, 0.1) is 12.3 Å². The molecule has 0 atom stereocenters. The van der Waals surface area contributed by atoms with Gasteiger partial charge in [0.15, 0.2) is 5.60 Å². The van der Waals surface area contributed by atoms with E-state index in [9.17, 15) is 9.59 Å². The van der Waals surface area contributed by atoms with Crippen LogP contribution in [0.5, 0.6) is 0 Å². The fourth-order valence-corrected chi connectivity index (χ4v) is 1.01. The van der Waals surface area contributed by atoms with E-state index in [0.717, 1.165) is 0 Å². The number of benzene rings is 1. The predicted molar refractivity (Wildman–Crippen MR) is 59.8 cm³/mol. The molecule has 0 heterocycles. The van der Waals surface area contributed by atoms with Crippen molar-refractivity contribution in [2.24, 2.45) is 0 Å². The van der Waals surface area contributed by atoms with Crippen molar-refractivity contribution in [3.05, 3.63) is 35.9 Å². The Morgan fingerprint density at radius 1 is 1.25 bits per heavy atom. The van der Waals surface area contributed by atoms with E-state index in [0.29, 0.717) is 5.56 Å². The largest absolute Gasteiger partial charge is 0.440 e. The zero-order chi connectivity index (χ0) is 12.2. The van der Waals surface area contributed by atoms with Crippen molar-refractivity contribution in [2.45, 2.75) is 19.4 Å². The molecule has 3 nitrogen and oxygen atoms in total. The van der Waals surface area contributed by atoms with Gasteiger partial charge in [0.1, 0.15) is 0 Å². The molecule has 0 saturated heterocycles. The first-order valence-electron chi connectivity index (χ1n) is 4.77. The van der Waals surface area contributed by atoms with Crippen LogP contribution in [-0.4, -0.2) is 17.4 Å². The number of Topliss-reactive ketones (excluding diaryl/α,β-unsaturated/α-hetero) is 1. The molecule has 0 aliphatic carbocycles. The minimum atomic E-state index is -1.07. The molecular formula is C13H12O3. The maximum atomic E-state index is 11.6. The maximum Gasteiger partial charge on any atom is 0.381 e. The van der Waals surface area contributed by atoms with E-state index in [-0.39, 0.29) is 0 Å². The zero-order valence-corrected chi connectivity index (χ0v) is 9.19. The first kappa shape index (κ1) is 12.0. The van der Waals surface area contributed by atoms with Crippen molar-refractivity contribution in [2.75, 3.05) is 0 Å². The summed E-state index contributed by atoms with van der Waals surface area (Å²) < 4.78 is 4.88. The molecule has 0 N–H and O–H groups in total. The van der Waals surface area contributed by atoms with E-state index in [1.165, 1.54) is 0 Å². The van der Waals surface area contributed by atoms with Gasteiger partial charge in [0.2, 0.25) is 0 Å². The van der Waals surface area contributed by atoms with Crippen molar-refractivity contribution >= 4 is 11.8 Å². The van der Waals surface area contributed by atoms with Crippen molar-refractivity contribution in [3.63, 3.8) is 0 Å². The minimum absolute atomic E-state index is 0.292. The van der Waals surface area contributed by atoms with Crippen LogP contribution in [0.15, 0.2) is 30.3 Å². The molecule has 0 aromatic heterocycles. The Hall–Kier alpha value is -2.08. The number of ketones is 1. The summed E-state index contributed by atoms with van der Waals surface area (Å²) in [4.78, 5) is 23.0. The van der Waals surface area contributed by atoms with Gasteiger partial charge in [-0.25, -0.2) is 4.79 Å². The topological polar surface area (TPSA) is 43.4 Å². The number of terminal acetylenes is 1. The third-order valence-electron chi connectivity index (χ3n) is 1.92. The van der Waals surface area contributed by atoms with Crippen molar-refractivity contribution in [1.29, 1.82) is 0 Å². The van der Waals surface area contributed by atoms with Gasteiger partial charge in [0, 0.05) is 5.56 Å². The zero-order valence-electron chi connectivity index (χ0n) is 9.19. The molecule has 0 bridgehead atoms. The van der Waals surface area contributed by atoms with E-state index < -0.39 is 17.4 Å². The molecule has 0 spiro atoms. The van der Waals surface area contributed by atoms with Crippen LogP contribution in [0.4, 0.5) is 0 Å². The lowest BCUT2D eigenvalue weighted by molar-refractivity contribution is -0.145. The van der Waals surface area contributed by atoms with Crippen LogP contribution >= 0.6 is 0 Å². The lowest BCUT2D eigenvalue weighted by Gasteiger charge is -2.17. The second kappa shape index (κ2) is 4.63. The number of hydrogen-bond donors (Lipinski definition) is 0. The predicted octanol–water partition coefficient (Wildman–Crippen LogP) is 1.82. The Labute approximate surface area is 94.4 Å². The number of hydrogen-bond acceptors (Lipinski definition) is 3. The van der Waals surface area contributed by atoms with Gasteiger partial charge < -0.3 is 4.74 Å². The van der Waals surface area contributed by atoms with E-state index in [2.05, 4.69) is 5.92 Å². The van der Waals surface area contributed by atoms with Crippen LogP contribution in [0.3, 0.4) is 0 Å². The van der Waals surface area contributed by atoms with E-state index in [4.69, 9.17) is 11.2 Å². The first-order chi connectivity index (χ1) is 7.46. The highest BCUT2D eigenvalue weighted by Gasteiger charge is 2.25. The lowest BCUT2D eigenvalue weighted by Crippen LogP contribution is -2.30. The molecule has 1 aromatic rings. The average molecular weight is 216 g/mol. The summed E-state index contributed by atoms with van der Waals surface area (Å²) in [6.07, 6.45) is 5.15. The number of rotatable bonds is 3. The van der Waals surface area contributed by atoms with Gasteiger partial charge in [-0.15, -0.1) is 6.42 Å². The SMILES string of the molecule is C#CC(C)(C)OC(=O)C(=O)c1ccccc1. The van der Waals surface area contributed by atoms with Gasteiger partial charge in [-0.2, -0.15) is 0 Å². The van der Waals surface area contributed by atoms with E-state index in [1.807, 2.05) is 0 Å². The summed E-state index contributed by atoms with van der Waals surface area (Å²) in [6.45, 7) is 3.09. The van der Waals surface area contributed by atoms with Crippen molar-refractivity contribution in [1.82, 2.24) is 0 Å². The average Bonchev–Trinajstić information content (AvgIpc) is 2.28. The van der Waals surface area contributed by atoms with Gasteiger partial charge in [0.05, 0.1) is 0 Å². The molecule has 1 aromatic carbocycles. The third-order valence-corrected chi connectivity index (χ3v) is 1.92. The van der Waals surface area contributed by atoms with Crippen molar-refractivity contribution in [3.8, 4) is 12.3 Å². The Kier molecular flexibility index (Phi) is 3.47. The fraction of sp³-hybridized carbons (Fsp3) is 0.231. The van der Waals surface area contributed by atoms with Crippen LogP contribution in [-0.2, 0) is 9.53 Å². The number of esters is 1. The number of ether oxygens (including phenoxy) is 1. The fourth-order valence-electron chi connectivity index (χ4n) is 1.01. The Balaban J connectivity index is 2.78. The van der Waals surface area contributed by atoms with E-state index >= 15 is 0 Å². The third kappa shape index (κ3) is 2.96. The van der Waals surface area contributed by atoms with Gasteiger partial charge in [0.25, 0.3) is 5.78 Å². The molecule has 0 amide bonds. The molecule has 82 valence electrons. The van der Waals surface area contributed by atoms with Crippen LogP contribution in [0.25, 0.3) is 0 Å². The molecule has 0 aliphatic rings. The highest BCUT2D eigenvalue weighted by Crippen LogP contribution is 2.10. The summed E-state index contributed by atoms with van der Waals surface area (Å²) in [6, 6.07) is 8.20. The summed E-state index contributed by atoms with van der Waals surface area (Å²) in [5.74, 6) is 0.656. The van der Waals surface area contributed by atoms with Crippen LogP contribution in [0.1, 0.15) is 24.2 Å². The molecule has 16 heavy (non-hydrogen) atoms. The summed E-state index contributed by atoms with van der Waals surface area (Å²) >= 11 is 0. The molecule has 0 saturated carbocycles. The Morgan fingerprint density at radius 2 is 1.81 bits per heavy atom. The second-order valence-corrected chi connectivity index (χ2v) is 3.74. The molecular weight excluding hydrogens is 204 g/mol. The van der Waals surface area contributed by atoms with E-state index in [1.54, 1.807) is 44.2 Å².